The molecule has 1 saturated carbocycles. The first-order valence-corrected chi connectivity index (χ1v) is 6.60. The van der Waals surface area contributed by atoms with Gasteiger partial charge in [-0.1, -0.05) is 0 Å². The molecule has 1 aliphatic heterocycles. The Morgan fingerprint density at radius 1 is 1.35 bits per heavy atom. The van der Waals surface area contributed by atoms with Crippen LogP contribution in [0.2, 0.25) is 0 Å². The lowest BCUT2D eigenvalue weighted by Gasteiger charge is -2.35. The summed E-state index contributed by atoms with van der Waals surface area (Å²) in [6.45, 7) is 2.91. The van der Waals surface area contributed by atoms with Gasteiger partial charge in [-0.15, -0.1) is 0 Å². The van der Waals surface area contributed by atoms with Gasteiger partial charge in [0.25, 0.3) is 0 Å². The maximum atomic E-state index is 13.2. The molecule has 0 amide bonds. The third-order valence-corrected chi connectivity index (χ3v) is 4.26. The van der Waals surface area contributed by atoms with E-state index in [2.05, 4.69) is 4.90 Å². The van der Waals surface area contributed by atoms with Gasteiger partial charge in [-0.2, -0.15) is 0 Å². The monoisotopic (exact) mass is 247 g/mol. The molecule has 1 saturated heterocycles. The maximum absolute atomic E-state index is 13.2. The minimum Gasteiger partial charge on any atom is -0.384 e. The molecule has 2 fully saturated rings. The largest absolute Gasteiger partial charge is 0.384 e. The molecule has 1 unspecified atom stereocenters. The molecule has 0 spiro atoms. The van der Waals surface area contributed by atoms with Gasteiger partial charge in [0.05, 0.1) is 6.61 Å². The lowest BCUT2D eigenvalue weighted by atomic mass is 9.92. The van der Waals surface area contributed by atoms with Crippen molar-refractivity contribution in [3.63, 3.8) is 0 Å². The fourth-order valence-corrected chi connectivity index (χ4v) is 2.90. The molecule has 0 radical (unpaired) electrons. The highest BCUT2D eigenvalue weighted by Crippen LogP contribution is 2.46. The van der Waals surface area contributed by atoms with E-state index < -0.39 is 12.8 Å². The zero-order chi connectivity index (χ0) is 12.3. The molecule has 0 aromatic carbocycles. The molecule has 2 aliphatic rings. The van der Waals surface area contributed by atoms with Crippen molar-refractivity contribution >= 4 is 0 Å². The summed E-state index contributed by atoms with van der Waals surface area (Å²) >= 11 is 0. The number of ether oxygens (including phenoxy) is 1. The second kappa shape index (κ2) is 5.61. The van der Waals surface area contributed by atoms with Gasteiger partial charge in [0.2, 0.25) is 0 Å². The number of hydrogen-bond acceptors (Lipinski definition) is 2. The number of rotatable bonds is 6. The van der Waals surface area contributed by atoms with Crippen molar-refractivity contribution in [1.29, 1.82) is 0 Å². The van der Waals surface area contributed by atoms with Crippen LogP contribution in [0.4, 0.5) is 8.78 Å². The Morgan fingerprint density at radius 3 is 2.47 bits per heavy atom. The molecule has 1 aliphatic carbocycles. The van der Waals surface area contributed by atoms with Gasteiger partial charge < -0.3 is 9.64 Å². The van der Waals surface area contributed by atoms with Crippen molar-refractivity contribution in [2.24, 2.45) is 11.3 Å². The van der Waals surface area contributed by atoms with Crippen molar-refractivity contribution in [1.82, 2.24) is 4.90 Å². The number of nitrogens with zero attached hydrogens (tertiary/aromatic N) is 1. The van der Waals surface area contributed by atoms with E-state index in [4.69, 9.17) is 4.74 Å². The molecule has 100 valence electrons. The van der Waals surface area contributed by atoms with Crippen LogP contribution < -0.4 is 0 Å². The number of likely N-dealkylation sites (tertiary alicyclic amines) is 1. The lowest BCUT2D eigenvalue weighted by Crippen LogP contribution is -2.41. The first-order chi connectivity index (χ1) is 8.19. The molecule has 17 heavy (non-hydrogen) atoms. The predicted octanol–water partition coefficient (Wildman–Crippen LogP) is 2.43. The smallest absolute Gasteiger partial charge is 0.131 e. The molecular weight excluding hydrogens is 224 g/mol. The molecule has 2 nitrogen and oxygen atoms in total. The number of hydrogen-bond donors (Lipinski definition) is 0. The van der Waals surface area contributed by atoms with Gasteiger partial charge in [0, 0.05) is 19.1 Å². The summed E-state index contributed by atoms with van der Waals surface area (Å²) in [4.78, 5) is 2.40. The van der Waals surface area contributed by atoms with E-state index in [1.54, 1.807) is 7.11 Å². The molecule has 0 N–H and O–H groups in total. The van der Waals surface area contributed by atoms with Crippen LogP contribution >= 0.6 is 0 Å². The molecule has 0 aromatic heterocycles. The Kier molecular flexibility index (Phi) is 4.36. The minimum absolute atomic E-state index is 0.0613. The third-order valence-electron chi connectivity index (χ3n) is 4.26. The Bertz CT molecular complexity index is 238. The standard InChI is InChI=1S/C13H23F2NO/c1-17-10-13(4-5-13)9-16-6-2-11(3-7-16)12(15)8-14/h11-12H,2-10H2,1H3. The summed E-state index contributed by atoms with van der Waals surface area (Å²) in [5.74, 6) is -0.0613. The summed E-state index contributed by atoms with van der Waals surface area (Å²) in [5, 5.41) is 0. The van der Waals surface area contributed by atoms with Crippen LogP contribution in [0.25, 0.3) is 0 Å². The van der Waals surface area contributed by atoms with Crippen molar-refractivity contribution in [2.75, 3.05) is 40.0 Å². The first kappa shape index (κ1) is 13.2. The molecule has 1 heterocycles. The zero-order valence-electron chi connectivity index (χ0n) is 10.6. The summed E-state index contributed by atoms with van der Waals surface area (Å²) in [7, 11) is 1.75. The zero-order valence-corrected chi connectivity index (χ0v) is 10.6. The fourth-order valence-electron chi connectivity index (χ4n) is 2.90. The first-order valence-electron chi connectivity index (χ1n) is 6.60. The summed E-state index contributed by atoms with van der Waals surface area (Å²) in [6, 6.07) is 0. The number of methoxy groups -OCH3 is 1. The van der Waals surface area contributed by atoms with Crippen molar-refractivity contribution in [3.8, 4) is 0 Å². The van der Waals surface area contributed by atoms with E-state index in [1.807, 2.05) is 0 Å². The number of piperidine rings is 1. The van der Waals surface area contributed by atoms with E-state index in [0.29, 0.717) is 5.41 Å². The van der Waals surface area contributed by atoms with Crippen LogP contribution in [-0.4, -0.2) is 51.1 Å². The third kappa shape index (κ3) is 3.38. The van der Waals surface area contributed by atoms with Crippen LogP contribution in [0.15, 0.2) is 0 Å². The highest BCUT2D eigenvalue weighted by molar-refractivity contribution is 4.96. The van der Waals surface area contributed by atoms with E-state index >= 15 is 0 Å². The molecule has 2 rings (SSSR count). The minimum atomic E-state index is -1.24. The second-order valence-corrected chi connectivity index (χ2v) is 5.72. The van der Waals surface area contributed by atoms with E-state index in [9.17, 15) is 8.78 Å². The van der Waals surface area contributed by atoms with Crippen LogP contribution in [-0.2, 0) is 4.74 Å². The van der Waals surface area contributed by atoms with Crippen molar-refractivity contribution in [2.45, 2.75) is 31.9 Å². The second-order valence-electron chi connectivity index (χ2n) is 5.72. The van der Waals surface area contributed by atoms with E-state index in [0.717, 1.165) is 39.1 Å². The Balaban J connectivity index is 1.72. The fraction of sp³-hybridized carbons (Fsp3) is 1.00. The Labute approximate surface area is 102 Å². The average molecular weight is 247 g/mol. The van der Waals surface area contributed by atoms with Gasteiger partial charge in [0.15, 0.2) is 0 Å². The van der Waals surface area contributed by atoms with Gasteiger partial charge in [-0.3, -0.25) is 0 Å². The Hall–Kier alpha value is -0.220. The Morgan fingerprint density at radius 2 is 2.00 bits per heavy atom. The highest BCUT2D eigenvalue weighted by atomic mass is 19.2. The van der Waals surface area contributed by atoms with Crippen molar-refractivity contribution in [3.05, 3.63) is 0 Å². The maximum Gasteiger partial charge on any atom is 0.131 e. The SMILES string of the molecule is COCC1(CN2CCC(C(F)CF)CC2)CC1. The van der Waals surface area contributed by atoms with Crippen LogP contribution in [0, 0.1) is 11.3 Å². The normalized spacial score (nSPS) is 27.0. The molecule has 4 heteroatoms. The van der Waals surface area contributed by atoms with Gasteiger partial charge >= 0.3 is 0 Å². The van der Waals surface area contributed by atoms with E-state index in [-0.39, 0.29) is 5.92 Å². The highest BCUT2D eigenvalue weighted by Gasteiger charge is 2.44. The van der Waals surface area contributed by atoms with Gasteiger partial charge in [-0.05, 0) is 44.7 Å². The van der Waals surface area contributed by atoms with Crippen molar-refractivity contribution < 1.29 is 13.5 Å². The predicted molar refractivity (Wildman–Crippen MR) is 63.6 cm³/mol. The van der Waals surface area contributed by atoms with E-state index in [1.165, 1.54) is 12.8 Å². The quantitative estimate of drug-likeness (QED) is 0.715. The molecule has 0 bridgehead atoms. The van der Waals surface area contributed by atoms with Crippen LogP contribution in [0.5, 0.6) is 0 Å². The molecular formula is C13H23F2NO. The molecule has 0 aromatic rings. The van der Waals surface area contributed by atoms with Gasteiger partial charge in [-0.25, -0.2) is 8.78 Å². The summed E-state index contributed by atoms with van der Waals surface area (Å²) < 4.78 is 30.7. The molecule has 1 atom stereocenters. The van der Waals surface area contributed by atoms with Crippen LogP contribution in [0.3, 0.4) is 0 Å². The lowest BCUT2D eigenvalue weighted by molar-refractivity contribution is 0.0687. The average Bonchev–Trinajstić information content (AvgIpc) is 3.09. The number of alkyl halides is 2. The summed E-state index contributed by atoms with van der Waals surface area (Å²) in [6.07, 6.45) is 2.85. The van der Waals surface area contributed by atoms with Gasteiger partial charge in [0.1, 0.15) is 12.8 Å². The number of halogens is 2. The summed E-state index contributed by atoms with van der Waals surface area (Å²) in [5.41, 5.74) is 0.372. The van der Waals surface area contributed by atoms with Crippen LogP contribution in [0.1, 0.15) is 25.7 Å². The topological polar surface area (TPSA) is 12.5 Å².